The van der Waals surface area contributed by atoms with Gasteiger partial charge in [-0.15, -0.1) is 0 Å². The highest BCUT2D eigenvalue weighted by Crippen LogP contribution is 2.31. The predicted octanol–water partition coefficient (Wildman–Crippen LogP) is 0.202. The molecular formula is C21H27ClNO3-. The van der Waals surface area contributed by atoms with Crippen molar-refractivity contribution < 1.29 is 27.0 Å². The molecule has 2 aromatic rings. The highest BCUT2D eigenvalue weighted by molar-refractivity contribution is 5.85. The fourth-order valence-corrected chi connectivity index (χ4v) is 2.86. The lowest BCUT2D eigenvalue weighted by Gasteiger charge is -2.27. The van der Waals surface area contributed by atoms with Crippen molar-refractivity contribution >= 4 is 5.97 Å². The van der Waals surface area contributed by atoms with Crippen LogP contribution in [0, 0.1) is 0 Å². The third-order valence-corrected chi connectivity index (χ3v) is 4.42. The van der Waals surface area contributed by atoms with E-state index in [0.29, 0.717) is 11.1 Å². The Balaban J connectivity index is 0.00000338. The van der Waals surface area contributed by atoms with Crippen molar-refractivity contribution in [1.29, 1.82) is 0 Å². The molecule has 2 rings (SSSR count). The van der Waals surface area contributed by atoms with E-state index in [-0.39, 0.29) is 19.0 Å². The smallest absolute Gasteiger partial charge is 0.347 e. The molecule has 0 fully saturated rings. The molecule has 0 atom stereocenters. The molecule has 1 N–H and O–H groups in total. The Hall–Kier alpha value is -1.88. The zero-order valence-electron chi connectivity index (χ0n) is 15.4. The van der Waals surface area contributed by atoms with E-state index >= 15 is 0 Å². The molecule has 0 amide bonds. The number of esters is 1. The lowest BCUT2D eigenvalue weighted by atomic mass is 9.86. The maximum Gasteiger partial charge on any atom is 0.347 e. The molecule has 0 aliphatic rings. The molecule has 0 spiro atoms. The van der Waals surface area contributed by atoms with Crippen molar-refractivity contribution in [2.45, 2.75) is 25.9 Å². The van der Waals surface area contributed by atoms with Gasteiger partial charge >= 0.3 is 5.97 Å². The summed E-state index contributed by atoms with van der Waals surface area (Å²) in [6, 6.07) is 17.9. The first kappa shape index (κ1) is 22.2. The second-order valence-electron chi connectivity index (χ2n) is 5.96. The largest absolute Gasteiger partial charge is 1.00 e. The topological polar surface area (TPSA) is 49.8 Å². The number of hydrogen-bond donors (Lipinski definition) is 1. The zero-order valence-corrected chi connectivity index (χ0v) is 16.2. The number of ether oxygens (including phenoxy) is 1. The standard InChI is InChI=1S/C21H27NO3.ClH/c1-3-22(4-2)16-11-17-25-20(23)21(24,18-12-7-5-8-13-18)19-14-9-6-10-15-19;/h5-10,12-15,24H,3-4,11,16-17H2,1-2H3;1H/p-1. The summed E-state index contributed by atoms with van der Waals surface area (Å²) in [6.07, 6.45) is 0.743. The number of hydrogen-bond acceptors (Lipinski definition) is 4. The van der Waals surface area contributed by atoms with Gasteiger partial charge in [0, 0.05) is 6.54 Å². The maximum atomic E-state index is 12.8. The number of carbonyl (C=O) groups is 1. The van der Waals surface area contributed by atoms with Gasteiger partial charge in [-0.25, -0.2) is 4.79 Å². The maximum absolute atomic E-state index is 12.8. The molecule has 0 saturated carbocycles. The molecule has 26 heavy (non-hydrogen) atoms. The Morgan fingerprint density at radius 2 is 1.42 bits per heavy atom. The molecule has 0 bridgehead atoms. The van der Waals surface area contributed by atoms with Gasteiger partial charge in [0.25, 0.3) is 0 Å². The number of halogens is 1. The third kappa shape index (κ3) is 5.31. The van der Waals surface area contributed by atoms with Crippen LogP contribution >= 0.6 is 0 Å². The van der Waals surface area contributed by atoms with Crippen molar-refractivity contribution in [1.82, 2.24) is 4.90 Å². The van der Waals surface area contributed by atoms with Gasteiger partial charge in [-0.1, -0.05) is 74.5 Å². The molecule has 2 aromatic carbocycles. The summed E-state index contributed by atoms with van der Waals surface area (Å²) in [4.78, 5) is 15.0. The van der Waals surface area contributed by atoms with Crippen LogP contribution in [0.4, 0.5) is 0 Å². The summed E-state index contributed by atoms with van der Waals surface area (Å²) >= 11 is 0. The second kappa shape index (κ2) is 11.0. The van der Waals surface area contributed by atoms with Crippen LogP contribution in [0.1, 0.15) is 31.4 Å². The van der Waals surface area contributed by atoms with E-state index in [1.54, 1.807) is 48.5 Å². The van der Waals surface area contributed by atoms with Gasteiger partial charge in [0.15, 0.2) is 0 Å². The Bertz CT molecular complexity index is 605. The van der Waals surface area contributed by atoms with E-state index in [1.807, 2.05) is 12.1 Å². The van der Waals surface area contributed by atoms with E-state index < -0.39 is 11.6 Å². The number of nitrogens with zero attached hydrogens (tertiary/aromatic N) is 1. The molecule has 142 valence electrons. The molecule has 0 aliphatic heterocycles. The molecule has 0 unspecified atom stereocenters. The zero-order chi connectivity index (χ0) is 18.1. The van der Waals surface area contributed by atoms with Crippen LogP contribution in [0.15, 0.2) is 60.7 Å². The van der Waals surface area contributed by atoms with Crippen molar-refractivity contribution in [3.63, 3.8) is 0 Å². The number of carbonyl (C=O) groups excluding carboxylic acids is 1. The van der Waals surface area contributed by atoms with Gasteiger partial charge in [0.05, 0.1) is 6.61 Å². The van der Waals surface area contributed by atoms with Gasteiger partial charge in [-0.3, -0.25) is 0 Å². The minimum absolute atomic E-state index is 0. The molecule has 4 nitrogen and oxygen atoms in total. The summed E-state index contributed by atoms with van der Waals surface area (Å²) in [5.41, 5.74) is -0.776. The van der Waals surface area contributed by atoms with Gasteiger partial charge in [-0.05, 0) is 30.6 Å². The summed E-state index contributed by atoms with van der Waals surface area (Å²) in [5, 5.41) is 11.2. The lowest BCUT2D eigenvalue weighted by molar-refractivity contribution is -0.162. The van der Waals surface area contributed by atoms with Crippen molar-refractivity contribution in [2.24, 2.45) is 0 Å². The van der Waals surface area contributed by atoms with E-state index in [9.17, 15) is 9.90 Å². The van der Waals surface area contributed by atoms with Gasteiger partial charge in [-0.2, -0.15) is 0 Å². The Morgan fingerprint density at radius 1 is 0.962 bits per heavy atom. The summed E-state index contributed by atoms with van der Waals surface area (Å²) in [7, 11) is 0. The number of benzene rings is 2. The summed E-state index contributed by atoms with van der Waals surface area (Å²) < 4.78 is 5.44. The van der Waals surface area contributed by atoms with Crippen LogP contribution in [-0.4, -0.2) is 42.2 Å². The number of aliphatic hydroxyl groups is 1. The summed E-state index contributed by atoms with van der Waals surface area (Å²) in [6.45, 7) is 7.33. The van der Waals surface area contributed by atoms with E-state index in [4.69, 9.17) is 4.74 Å². The second-order valence-corrected chi connectivity index (χ2v) is 5.96. The first-order valence-electron chi connectivity index (χ1n) is 8.85. The van der Waals surface area contributed by atoms with Gasteiger partial charge < -0.3 is 27.2 Å². The van der Waals surface area contributed by atoms with E-state index in [1.165, 1.54) is 0 Å². The minimum Gasteiger partial charge on any atom is -1.00 e. The molecule has 0 aliphatic carbocycles. The normalized spacial score (nSPS) is 11.1. The minimum atomic E-state index is -1.79. The Morgan fingerprint density at radius 3 is 1.85 bits per heavy atom. The van der Waals surface area contributed by atoms with Crippen LogP contribution in [0.25, 0.3) is 0 Å². The Labute approximate surface area is 162 Å². The van der Waals surface area contributed by atoms with Crippen LogP contribution in [-0.2, 0) is 15.1 Å². The third-order valence-electron chi connectivity index (χ3n) is 4.42. The van der Waals surface area contributed by atoms with Crippen LogP contribution in [0.2, 0.25) is 0 Å². The fourth-order valence-electron chi connectivity index (χ4n) is 2.86. The Kier molecular flexibility index (Phi) is 9.35. The average molecular weight is 377 g/mol. The number of rotatable bonds is 9. The van der Waals surface area contributed by atoms with E-state index in [0.717, 1.165) is 26.1 Å². The predicted molar refractivity (Wildman–Crippen MR) is 99.2 cm³/mol. The van der Waals surface area contributed by atoms with Crippen molar-refractivity contribution in [2.75, 3.05) is 26.2 Å². The van der Waals surface area contributed by atoms with Crippen LogP contribution in [0.5, 0.6) is 0 Å². The van der Waals surface area contributed by atoms with Crippen LogP contribution in [0.3, 0.4) is 0 Å². The monoisotopic (exact) mass is 376 g/mol. The van der Waals surface area contributed by atoms with E-state index in [2.05, 4.69) is 18.7 Å². The first-order valence-corrected chi connectivity index (χ1v) is 8.85. The SMILES string of the molecule is CCN(CC)CCCOC(=O)C(O)(c1ccccc1)c1ccccc1.[Cl-]. The van der Waals surface area contributed by atoms with Gasteiger partial charge in [0.1, 0.15) is 0 Å². The highest BCUT2D eigenvalue weighted by atomic mass is 35.5. The van der Waals surface area contributed by atoms with Crippen molar-refractivity contribution in [3.8, 4) is 0 Å². The highest BCUT2D eigenvalue weighted by Gasteiger charge is 2.41. The molecule has 0 radical (unpaired) electrons. The molecule has 0 heterocycles. The van der Waals surface area contributed by atoms with Crippen molar-refractivity contribution in [3.05, 3.63) is 71.8 Å². The van der Waals surface area contributed by atoms with Crippen LogP contribution < -0.4 is 12.4 Å². The quantitative estimate of drug-likeness (QED) is 0.502. The molecule has 5 heteroatoms. The molecular weight excluding hydrogens is 350 g/mol. The first-order chi connectivity index (χ1) is 12.1. The van der Waals surface area contributed by atoms with Gasteiger partial charge in [0.2, 0.25) is 5.60 Å². The molecule has 0 aromatic heterocycles. The summed E-state index contributed by atoms with van der Waals surface area (Å²) in [5.74, 6) is -0.635. The average Bonchev–Trinajstić information content (AvgIpc) is 2.68. The fraction of sp³-hybridized carbons (Fsp3) is 0.381. The molecule has 0 saturated heterocycles. The lowest BCUT2D eigenvalue weighted by Crippen LogP contribution is -3.00.